The first-order valence-corrected chi connectivity index (χ1v) is 7.40. The smallest absolute Gasteiger partial charge is 0.0488 e. The van der Waals surface area contributed by atoms with Gasteiger partial charge in [-0.1, -0.05) is 38.1 Å². The minimum absolute atomic E-state index is 0.624. The second kappa shape index (κ2) is 9.11. The summed E-state index contributed by atoms with van der Waals surface area (Å²) in [6, 6.07) is 8.68. The summed E-state index contributed by atoms with van der Waals surface area (Å²) in [5.74, 6) is 1.28. The molecule has 0 aliphatic rings. The lowest BCUT2D eigenvalue weighted by atomic mass is 9.94. The molecule has 0 bridgehead atoms. The van der Waals surface area contributed by atoms with E-state index in [2.05, 4.69) is 50.4 Å². The van der Waals surface area contributed by atoms with Crippen molar-refractivity contribution >= 4 is 0 Å². The molecule has 2 heteroatoms. The zero-order valence-electron chi connectivity index (χ0n) is 12.9. The first-order chi connectivity index (χ1) is 9.13. The third-order valence-corrected chi connectivity index (χ3v) is 3.38. The molecule has 0 saturated carbocycles. The van der Waals surface area contributed by atoms with Crippen LogP contribution in [0, 0.1) is 18.8 Å². The summed E-state index contributed by atoms with van der Waals surface area (Å²) in [5, 5.41) is 3.30. The van der Waals surface area contributed by atoms with E-state index in [4.69, 9.17) is 4.74 Å². The van der Waals surface area contributed by atoms with Crippen molar-refractivity contribution in [2.24, 2.45) is 11.8 Å². The second-order valence-corrected chi connectivity index (χ2v) is 5.81. The van der Waals surface area contributed by atoms with Gasteiger partial charge in [0, 0.05) is 13.2 Å². The van der Waals surface area contributed by atoms with Crippen LogP contribution in [0.1, 0.15) is 31.4 Å². The molecule has 0 aromatic heterocycles. The zero-order valence-corrected chi connectivity index (χ0v) is 12.9. The monoisotopic (exact) mass is 263 g/mol. The van der Waals surface area contributed by atoms with Gasteiger partial charge < -0.3 is 10.1 Å². The van der Waals surface area contributed by atoms with E-state index in [1.807, 2.05) is 7.05 Å². The third-order valence-electron chi connectivity index (χ3n) is 3.38. The molecule has 1 N–H and O–H groups in total. The van der Waals surface area contributed by atoms with E-state index in [0.717, 1.165) is 32.6 Å². The van der Waals surface area contributed by atoms with Gasteiger partial charge in [-0.2, -0.15) is 0 Å². The average molecular weight is 263 g/mol. The molecule has 0 aliphatic heterocycles. The van der Waals surface area contributed by atoms with Crippen LogP contribution in [0.4, 0.5) is 0 Å². The first kappa shape index (κ1) is 16.2. The lowest BCUT2D eigenvalue weighted by Gasteiger charge is -2.18. The molecular weight excluding hydrogens is 234 g/mol. The molecule has 19 heavy (non-hydrogen) atoms. The van der Waals surface area contributed by atoms with Gasteiger partial charge in [0.05, 0.1) is 0 Å². The predicted molar refractivity (Wildman–Crippen MR) is 82.6 cm³/mol. The van der Waals surface area contributed by atoms with Crippen molar-refractivity contribution in [2.75, 3.05) is 26.8 Å². The van der Waals surface area contributed by atoms with Gasteiger partial charge in [-0.05, 0) is 56.3 Å². The highest BCUT2D eigenvalue weighted by atomic mass is 16.5. The topological polar surface area (TPSA) is 21.3 Å². The highest BCUT2D eigenvalue weighted by molar-refractivity contribution is 5.25. The summed E-state index contributed by atoms with van der Waals surface area (Å²) in [6.07, 6.45) is 2.26. The lowest BCUT2D eigenvalue weighted by molar-refractivity contribution is 0.0977. The van der Waals surface area contributed by atoms with Crippen LogP contribution in [0.25, 0.3) is 0 Å². The van der Waals surface area contributed by atoms with Crippen molar-refractivity contribution in [1.82, 2.24) is 5.32 Å². The Hall–Kier alpha value is -0.860. The van der Waals surface area contributed by atoms with Crippen LogP contribution in [-0.4, -0.2) is 26.8 Å². The van der Waals surface area contributed by atoms with Crippen LogP contribution in [0.5, 0.6) is 0 Å². The van der Waals surface area contributed by atoms with Crippen molar-refractivity contribution in [3.8, 4) is 0 Å². The number of nitrogens with one attached hydrogen (secondary N) is 1. The van der Waals surface area contributed by atoms with Gasteiger partial charge in [-0.15, -0.1) is 0 Å². The van der Waals surface area contributed by atoms with E-state index >= 15 is 0 Å². The average Bonchev–Trinajstić information content (AvgIpc) is 2.37. The van der Waals surface area contributed by atoms with E-state index in [0.29, 0.717) is 11.8 Å². The summed E-state index contributed by atoms with van der Waals surface area (Å²) in [5.41, 5.74) is 2.86. The van der Waals surface area contributed by atoms with Crippen molar-refractivity contribution in [2.45, 2.75) is 33.6 Å². The van der Waals surface area contributed by atoms with Crippen LogP contribution in [0.15, 0.2) is 24.3 Å². The molecule has 1 aromatic rings. The van der Waals surface area contributed by atoms with Gasteiger partial charge in [0.2, 0.25) is 0 Å². The molecule has 1 atom stereocenters. The molecule has 0 aliphatic carbocycles. The quantitative estimate of drug-likeness (QED) is 0.689. The van der Waals surface area contributed by atoms with Gasteiger partial charge in [0.1, 0.15) is 0 Å². The SMILES string of the molecule is CNCC(CCOCC(C)C)Cc1ccccc1C. The highest BCUT2D eigenvalue weighted by Gasteiger charge is 2.10. The van der Waals surface area contributed by atoms with Gasteiger partial charge >= 0.3 is 0 Å². The molecule has 0 saturated heterocycles. The van der Waals surface area contributed by atoms with Gasteiger partial charge in [0.15, 0.2) is 0 Å². The van der Waals surface area contributed by atoms with Crippen molar-refractivity contribution in [3.05, 3.63) is 35.4 Å². The van der Waals surface area contributed by atoms with E-state index in [1.54, 1.807) is 0 Å². The Morgan fingerprint density at radius 3 is 2.58 bits per heavy atom. The maximum absolute atomic E-state index is 5.71. The molecule has 0 amide bonds. The fourth-order valence-corrected chi connectivity index (χ4v) is 2.28. The molecule has 1 rings (SSSR count). The molecule has 1 aromatic carbocycles. The fraction of sp³-hybridized carbons (Fsp3) is 0.647. The third kappa shape index (κ3) is 6.74. The van der Waals surface area contributed by atoms with E-state index in [9.17, 15) is 0 Å². The molecule has 1 unspecified atom stereocenters. The van der Waals surface area contributed by atoms with Crippen LogP contribution in [0.3, 0.4) is 0 Å². The van der Waals surface area contributed by atoms with Crippen LogP contribution in [-0.2, 0) is 11.2 Å². The largest absolute Gasteiger partial charge is 0.381 e. The Labute approximate surface area is 118 Å². The molecule has 2 nitrogen and oxygen atoms in total. The van der Waals surface area contributed by atoms with Crippen LogP contribution < -0.4 is 5.32 Å². The number of rotatable bonds is 9. The predicted octanol–water partition coefficient (Wildman–Crippen LogP) is 3.44. The maximum Gasteiger partial charge on any atom is 0.0488 e. The summed E-state index contributed by atoms with van der Waals surface area (Å²) in [6.45, 7) is 9.38. The van der Waals surface area contributed by atoms with Crippen molar-refractivity contribution < 1.29 is 4.74 Å². The Kier molecular flexibility index (Phi) is 7.76. The first-order valence-electron chi connectivity index (χ1n) is 7.40. The molecule has 0 radical (unpaired) electrons. The number of hydrogen-bond donors (Lipinski definition) is 1. The van der Waals surface area contributed by atoms with Gasteiger partial charge in [0.25, 0.3) is 0 Å². The number of ether oxygens (including phenoxy) is 1. The fourth-order valence-electron chi connectivity index (χ4n) is 2.28. The number of benzene rings is 1. The minimum atomic E-state index is 0.624. The second-order valence-electron chi connectivity index (χ2n) is 5.81. The molecular formula is C17H29NO. The Balaban J connectivity index is 2.42. The molecule has 108 valence electrons. The molecule has 0 fully saturated rings. The lowest BCUT2D eigenvalue weighted by Crippen LogP contribution is -2.23. The number of aryl methyl sites for hydroxylation is 1. The summed E-state index contributed by atoms with van der Waals surface area (Å²) in [4.78, 5) is 0. The van der Waals surface area contributed by atoms with Crippen molar-refractivity contribution in [1.29, 1.82) is 0 Å². The Morgan fingerprint density at radius 2 is 1.95 bits per heavy atom. The van der Waals surface area contributed by atoms with Crippen LogP contribution >= 0.6 is 0 Å². The van der Waals surface area contributed by atoms with E-state index in [-0.39, 0.29) is 0 Å². The van der Waals surface area contributed by atoms with Crippen molar-refractivity contribution in [3.63, 3.8) is 0 Å². The van der Waals surface area contributed by atoms with E-state index in [1.165, 1.54) is 11.1 Å². The maximum atomic E-state index is 5.71. The minimum Gasteiger partial charge on any atom is -0.381 e. The van der Waals surface area contributed by atoms with Crippen LogP contribution in [0.2, 0.25) is 0 Å². The highest BCUT2D eigenvalue weighted by Crippen LogP contribution is 2.15. The standard InChI is InChI=1S/C17H29NO/c1-14(2)13-19-10-9-16(12-18-4)11-17-8-6-5-7-15(17)3/h5-8,14,16,18H,9-13H2,1-4H3. The summed E-state index contributed by atoms with van der Waals surface area (Å²) in [7, 11) is 2.03. The normalized spacial score (nSPS) is 12.9. The summed E-state index contributed by atoms with van der Waals surface area (Å²) >= 11 is 0. The summed E-state index contributed by atoms with van der Waals surface area (Å²) < 4.78 is 5.71. The van der Waals surface area contributed by atoms with E-state index < -0.39 is 0 Å². The Morgan fingerprint density at radius 1 is 1.21 bits per heavy atom. The number of hydrogen-bond acceptors (Lipinski definition) is 2. The molecule has 0 heterocycles. The molecule has 0 spiro atoms. The Bertz CT molecular complexity index is 349. The van der Waals surface area contributed by atoms with Gasteiger partial charge in [-0.25, -0.2) is 0 Å². The van der Waals surface area contributed by atoms with Gasteiger partial charge in [-0.3, -0.25) is 0 Å². The zero-order chi connectivity index (χ0) is 14.1.